The van der Waals surface area contributed by atoms with Gasteiger partial charge in [0.1, 0.15) is 0 Å². The molecule has 68 valence electrons. The molecule has 4 heteroatoms. The van der Waals surface area contributed by atoms with Crippen LogP contribution in [0.2, 0.25) is 0 Å². The van der Waals surface area contributed by atoms with Crippen molar-refractivity contribution in [1.29, 1.82) is 0 Å². The summed E-state index contributed by atoms with van der Waals surface area (Å²) in [5.74, 6) is -0.483. The molecule has 0 aromatic heterocycles. The molecule has 3 nitrogen and oxygen atoms in total. The Balaban J connectivity index is 2.81. The van der Waals surface area contributed by atoms with E-state index in [0.29, 0.717) is 5.56 Å². The largest absolute Gasteiger partial charge is 0.366 e. The summed E-state index contributed by atoms with van der Waals surface area (Å²) in [6.07, 6.45) is 0.167. The molecule has 0 saturated carbocycles. The van der Waals surface area contributed by atoms with Gasteiger partial charge in [0.05, 0.1) is 0 Å². The van der Waals surface area contributed by atoms with E-state index in [0.717, 1.165) is 5.56 Å². The third-order valence-electron chi connectivity index (χ3n) is 1.58. The highest BCUT2D eigenvalue weighted by Crippen LogP contribution is 2.05. The number of carbonyl (C=O) groups is 2. The molecule has 0 radical (unpaired) electrons. The highest BCUT2D eigenvalue weighted by molar-refractivity contribution is 6.63. The number of benzene rings is 1. The van der Waals surface area contributed by atoms with E-state index in [4.69, 9.17) is 17.3 Å². The van der Waals surface area contributed by atoms with E-state index in [1.807, 2.05) is 0 Å². The summed E-state index contributed by atoms with van der Waals surface area (Å²) in [5.41, 5.74) is 6.22. The smallest absolute Gasteiger partial charge is 0.248 e. The Labute approximate surface area is 80.5 Å². The van der Waals surface area contributed by atoms with Crippen molar-refractivity contribution in [2.75, 3.05) is 0 Å². The SMILES string of the molecule is NC(=O)c1ccc(CC(=O)Cl)cc1. The summed E-state index contributed by atoms with van der Waals surface area (Å²) < 4.78 is 0. The average molecular weight is 198 g/mol. The first-order chi connectivity index (χ1) is 6.09. The lowest BCUT2D eigenvalue weighted by molar-refractivity contribution is -0.111. The molecule has 0 unspecified atom stereocenters. The molecular formula is C9H8ClNO2. The molecule has 0 aliphatic carbocycles. The topological polar surface area (TPSA) is 60.2 Å². The molecule has 0 bridgehead atoms. The number of hydrogen-bond acceptors (Lipinski definition) is 2. The van der Waals surface area contributed by atoms with Gasteiger partial charge in [-0.1, -0.05) is 12.1 Å². The van der Waals surface area contributed by atoms with Crippen LogP contribution in [0.5, 0.6) is 0 Å². The van der Waals surface area contributed by atoms with E-state index in [1.54, 1.807) is 24.3 Å². The minimum Gasteiger partial charge on any atom is -0.366 e. The van der Waals surface area contributed by atoms with Crippen molar-refractivity contribution in [2.45, 2.75) is 6.42 Å². The van der Waals surface area contributed by atoms with Crippen LogP contribution in [-0.4, -0.2) is 11.1 Å². The molecule has 2 N–H and O–H groups in total. The van der Waals surface area contributed by atoms with E-state index in [9.17, 15) is 9.59 Å². The molecule has 0 aliphatic rings. The van der Waals surface area contributed by atoms with Crippen molar-refractivity contribution < 1.29 is 9.59 Å². The van der Waals surface area contributed by atoms with Gasteiger partial charge in [-0.15, -0.1) is 0 Å². The molecular weight excluding hydrogens is 190 g/mol. The molecule has 0 fully saturated rings. The van der Waals surface area contributed by atoms with E-state index in [-0.39, 0.29) is 6.42 Å². The summed E-state index contributed by atoms with van der Waals surface area (Å²) >= 11 is 5.18. The second-order valence-electron chi connectivity index (χ2n) is 2.59. The van der Waals surface area contributed by atoms with E-state index in [1.165, 1.54) is 0 Å². The highest BCUT2D eigenvalue weighted by atomic mass is 35.5. The van der Waals surface area contributed by atoms with Gasteiger partial charge in [0.25, 0.3) is 0 Å². The fourth-order valence-corrected chi connectivity index (χ4v) is 1.10. The Bertz CT molecular complexity index is 332. The maximum absolute atomic E-state index is 10.7. The van der Waals surface area contributed by atoms with E-state index in [2.05, 4.69) is 0 Å². The third kappa shape index (κ3) is 2.87. The lowest BCUT2D eigenvalue weighted by atomic mass is 10.1. The van der Waals surface area contributed by atoms with Gasteiger partial charge < -0.3 is 5.73 Å². The molecule has 0 spiro atoms. The zero-order valence-corrected chi connectivity index (χ0v) is 7.54. The van der Waals surface area contributed by atoms with Crippen LogP contribution in [0.15, 0.2) is 24.3 Å². The van der Waals surface area contributed by atoms with Crippen LogP contribution in [0, 0.1) is 0 Å². The molecule has 0 aliphatic heterocycles. The van der Waals surface area contributed by atoms with Crippen molar-refractivity contribution >= 4 is 22.8 Å². The average Bonchev–Trinajstić information content (AvgIpc) is 2.04. The Hall–Kier alpha value is -1.35. The number of nitrogens with two attached hydrogens (primary N) is 1. The van der Waals surface area contributed by atoms with Crippen LogP contribution in [0.1, 0.15) is 15.9 Å². The summed E-state index contributed by atoms with van der Waals surface area (Å²) in [6.45, 7) is 0. The number of rotatable bonds is 3. The predicted molar refractivity (Wildman–Crippen MR) is 49.5 cm³/mol. The maximum Gasteiger partial charge on any atom is 0.248 e. The lowest BCUT2D eigenvalue weighted by Crippen LogP contribution is -2.10. The Morgan fingerprint density at radius 1 is 1.23 bits per heavy atom. The minimum atomic E-state index is -0.483. The summed E-state index contributed by atoms with van der Waals surface area (Å²) in [5, 5.41) is -0.424. The first kappa shape index (κ1) is 9.74. The van der Waals surface area contributed by atoms with Gasteiger partial charge in [-0.05, 0) is 29.3 Å². The first-order valence-electron chi connectivity index (χ1n) is 3.66. The number of halogens is 1. The van der Waals surface area contributed by atoms with Crippen molar-refractivity contribution in [3.05, 3.63) is 35.4 Å². The van der Waals surface area contributed by atoms with Crippen LogP contribution in [0.3, 0.4) is 0 Å². The predicted octanol–water partition coefficient (Wildman–Crippen LogP) is 1.09. The Morgan fingerprint density at radius 3 is 2.15 bits per heavy atom. The molecule has 0 heterocycles. The first-order valence-corrected chi connectivity index (χ1v) is 4.04. The summed E-state index contributed by atoms with van der Waals surface area (Å²) in [7, 11) is 0. The standard InChI is InChI=1S/C9H8ClNO2/c10-8(12)5-6-1-3-7(4-2-6)9(11)13/h1-4H,5H2,(H2,11,13). The second kappa shape index (κ2) is 4.05. The van der Waals surface area contributed by atoms with E-state index < -0.39 is 11.1 Å². The number of hydrogen-bond donors (Lipinski definition) is 1. The third-order valence-corrected chi connectivity index (χ3v) is 1.72. The summed E-state index contributed by atoms with van der Waals surface area (Å²) in [4.78, 5) is 21.2. The van der Waals surface area contributed by atoms with Crippen molar-refractivity contribution in [3.63, 3.8) is 0 Å². The Morgan fingerprint density at radius 2 is 1.77 bits per heavy atom. The van der Waals surface area contributed by atoms with Crippen molar-refractivity contribution in [2.24, 2.45) is 5.73 Å². The fraction of sp³-hybridized carbons (Fsp3) is 0.111. The number of primary amides is 1. The van der Waals surface area contributed by atoms with Crippen molar-refractivity contribution in [3.8, 4) is 0 Å². The van der Waals surface area contributed by atoms with Gasteiger partial charge in [-0.3, -0.25) is 9.59 Å². The molecule has 1 amide bonds. The highest BCUT2D eigenvalue weighted by Gasteiger charge is 2.01. The fourth-order valence-electron chi connectivity index (χ4n) is 0.947. The zero-order valence-electron chi connectivity index (χ0n) is 6.79. The van der Waals surface area contributed by atoms with Gasteiger partial charge >= 0.3 is 0 Å². The number of amides is 1. The molecule has 0 atom stereocenters. The maximum atomic E-state index is 10.7. The van der Waals surface area contributed by atoms with Gasteiger partial charge in [0.15, 0.2) is 0 Å². The van der Waals surface area contributed by atoms with Gasteiger partial charge in [0, 0.05) is 12.0 Å². The van der Waals surface area contributed by atoms with Gasteiger partial charge in [-0.2, -0.15) is 0 Å². The van der Waals surface area contributed by atoms with Crippen LogP contribution in [-0.2, 0) is 11.2 Å². The minimum absolute atomic E-state index is 0.167. The normalized spacial score (nSPS) is 9.62. The van der Waals surface area contributed by atoms with Crippen LogP contribution >= 0.6 is 11.6 Å². The van der Waals surface area contributed by atoms with Crippen LogP contribution < -0.4 is 5.73 Å². The van der Waals surface area contributed by atoms with Gasteiger partial charge in [0.2, 0.25) is 11.1 Å². The monoisotopic (exact) mass is 197 g/mol. The lowest BCUT2D eigenvalue weighted by Gasteiger charge is -1.97. The second-order valence-corrected chi connectivity index (χ2v) is 3.01. The molecule has 1 aromatic carbocycles. The zero-order chi connectivity index (χ0) is 9.84. The molecule has 1 rings (SSSR count). The summed E-state index contributed by atoms with van der Waals surface area (Å²) in [6, 6.07) is 6.44. The van der Waals surface area contributed by atoms with Crippen LogP contribution in [0.4, 0.5) is 0 Å². The molecule has 1 aromatic rings. The quantitative estimate of drug-likeness (QED) is 0.738. The van der Waals surface area contributed by atoms with Crippen molar-refractivity contribution in [1.82, 2.24) is 0 Å². The number of carbonyl (C=O) groups excluding carboxylic acids is 2. The Kier molecular flexibility index (Phi) is 3.03. The molecule has 0 saturated heterocycles. The van der Waals surface area contributed by atoms with Gasteiger partial charge in [-0.25, -0.2) is 0 Å². The van der Waals surface area contributed by atoms with E-state index >= 15 is 0 Å². The van der Waals surface area contributed by atoms with Crippen LogP contribution in [0.25, 0.3) is 0 Å². The molecule has 13 heavy (non-hydrogen) atoms.